The Labute approximate surface area is 84.6 Å². The van der Waals surface area contributed by atoms with Gasteiger partial charge < -0.3 is 5.11 Å². The molecule has 0 fully saturated rings. The van der Waals surface area contributed by atoms with Gasteiger partial charge in [0.25, 0.3) is 0 Å². The van der Waals surface area contributed by atoms with E-state index in [-0.39, 0.29) is 12.3 Å². The molecule has 0 heterocycles. The van der Waals surface area contributed by atoms with Gasteiger partial charge in [-0.05, 0) is 20.9 Å². The molecule has 14 heavy (non-hydrogen) atoms. The molecule has 0 rings (SSSR count). The van der Waals surface area contributed by atoms with Gasteiger partial charge in [0.05, 0.1) is 5.75 Å². The Morgan fingerprint density at radius 1 is 1.43 bits per heavy atom. The van der Waals surface area contributed by atoms with Crippen LogP contribution in [0.1, 0.15) is 13.8 Å². The first-order valence-corrected chi connectivity index (χ1v) is 6.26. The van der Waals surface area contributed by atoms with Gasteiger partial charge in [-0.1, -0.05) is 0 Å². The van der Waals surface area contributed by atoms with Crippen LogP contribution < -0.4 is 0 Å². The Kier molecular flexibility index (Phi) is 4.08. The third kappa shape index (κ3) is 4.06. The second-order valence-corrected chi connectivity index (χ2v) is 6.18. The Bertz CT molecular complexity index is 307. The van der Waals surface area contributed by atoms with E-state index in [0.717, 1.165) is 6.26 Å². The third-order valence-electron chi connectivity index (χ3n) is 2.28. The van der Waals surface area contributed by atoms with Crippen molar-refractivity contribution in [3.05, 3.63) is 0 Å². The molecule has 0 radical (unpaired) electrons. The Morgan fingerprint density at radius 2 is 1.86 bits per heavy atom. The van der Waals surface area contributed by atoms with Crippen molar-refractivity contribution in [2.24, 2.45) is 0 Å². The van der Waals surface area contributed by atoms with Crippen LogP contribution in [0.15, 0.2) is 0 Å². The van der Waals surface area contributed by atoms with Crippen molar-refractivity contribution in [2.75, 3.05) is 25.6 Å². The predicted octanol–water partition coefficient (Wildman–Crippen LogP) is -0.174. The Hall–Kier alpha value is -0.620. The SMILES string of the molecule is CN(CCS(C)(=O)=O)C(C)(C)C(=O)O. The summed E-state index contributed by atoms with van der Waals surface area (Å²) >= 11 is 0. The highest BCUT2D eigenvalue weighted by Gasteiger charge is 2.31. The molecular weight excluding hydrogens is 206 g/mol. The van der Waals surface area contributed by atoms with Gasteiger partial charge in [-0.2, -0.15) is 0 Å². The highest BCUT2D eigenvalue weighted by atomic mass is 32.2. The van der Waals surface area contributed by atoms with E-state index in [0.29, 0.717) is 0 Å². The number of carboxylic acids is 1. The van der Waals surface area contributed by atoms with Crippen molar-refractivity contribution in [2.45, 2.75) is 19.4 Å². The number of hydrogen-bond donors (Lipinski definition) is 1. The molecule has 0 bridgehead atoms. The minimum atomic E-state index is -3.04. The molecular formula is C8H17NO4S. The predicted molar refractivity (Wildman–Crippen MR) is 54.1 cm³/mol. The molecule has 0 saturated carbocycles. The molecule has 84 valence electrons. The topological polar surface area (TPSA) is 74.7 Å². The minimum absolute atomic E-state index is 0.0276. The van der Waals surface area contributed by atoms with Crippen LogP contribution in [0.2, 0.25) is 0 Å². The number of sulfone groups is 1. The first-order chi connectivity index (χ1) is 6.07. The summed E-state index contributed by atoms with van der Waals surface area (Å²) in [5.74, 6) is -0.992. The summed E-state index contributed by atoms with van der Waals surface area (Å²) in [7, 11) is -1.44. The van der Waals surface area contributed by atoms with Gasteiger partial charge in [0.2, 0.25) is 0 Å². The fraction of sp³-hybridized carbons (Fsp3) is 0.875. The minimum Gasteiger partial charge on any atom is -0.480 e. The Morgan fingerprint density at radius 3 is 2.14 bits per heavy atom. The van der Waals surface area contributed by atoms with E-state index in [9.17, 15) is 13.2 Å². The largest absolute Gasteiger partial charge is 0.480 e. The molecule has 0 spiro atoms. The summed E-state index contributed by atoms with van der Waals surface area (Å²) in [6, 6.07) is 0. The van der Waals surface area contributed by atoms with E-state index in [1.807, 2.05) is 0 Å². The van der Waals surface area contributed by atoms with Crippen LogP contribution in [0.5, 0.6) is 0 Å². The maximum Gasteiger partial charge on any atom is 0.323 e. The summed E-state index contributed by atoms with van der Waals surface area (Å²) in [5.41, 5.74) is -1.04. The van der Waals surface area contributed by atoms with E-state index < -0.39 is 21.3 Å². The lowest BCUT2D eigenvalue weighted by atomic mass is 10.0. The van der Waals surface area contributed by atoms with Crippen molar-refractivity contribution < 1.29 is 18.3 Å². The molecule has 0 atom stereocenters. The average molecular weight is 223 g/mol. The van der Waals surface area contributed by atoms with Crippen LogP contribution in [0.25, 0.3) is 0 Å². The van der Waals surface area contributed by atoms with E-state index in [4.69, 9.17) is 5.11 Å². The maximum atomic E-state index is 10.9. The molecule has 0 aromatic heterocycles. The zero-order chi connectivity index (χ0) is 11.6. The van der Waals surface area contributed by atoms with Crippen LogP contribution in [0.3, 0.4) is 0 Å². The maximum absolute atomic E-state index is 10.9. The number of hydrogen-bond acceptors (Lipinski definition) is 4. The van der Waals surface area contributed by atoms with Gasteiger partial charge >= 0.3 is 5.97 Å². The summed E-state index contributed by atoms with van der Waals surface area (Å²) < 4.78 is 21.7. The molecule has 0 saturated heterocycles. The summed E-state index contributed by atoms with van der Waals surface area (Å²) in [6.07, 6.45) is 1.13. The summed E-state index contributed by atoms with van der Waals surface area (Å²) in [6.45, 7) is 3.30. The summed E-state index contributed by atoms with van der Waals surface area (Å²) in [5, 5.41) is 8.85. The fourth-order valence-electron chi connectivity index (χ4n) is 0.746. The molecule has 5 nitrogen and oxygen atoms in total. The molecule has 0 unspecified atom stereocenters. The second kappa shape index (κ2) is 4.27. The normalized spacial score (nSPS) is 13.2. The second-order valence-electron chi connectivity index (χ2n) is 3.92. The lowest BCUT2D eigenvalue weighted by Crippen LogP contribution is -2.49. The van der Waals surface area contributed by atoms with Gasteiger partial charge in [-0.25, -0.2) is 8.42 Å². The average Bonchev–Trinajstić information content (AvgIpc) is 1.98. The van der Waals surface area contributed by atoms with Crippen LogP contribution >= 0.6 is 0 Å². The molecule has 0 amide bonds. The molecule has 0 aliphatic heterocycles. The monoisotopic (exact) mass is 223 g/mol. The molecule has 6 heteroatoms. The van der Waals surface area contributed by atoms with E-state index in [1.165, 1.54) is 18.7 Å². The molecule has 0 aliphatic carbocycles. The highest BCUT2D eigenvalue weighted by Crippen LogP contribution is 2.11. The molecule has 0 aliphatic rings. The number of aliphatic carboxylic acids is 1. The number of carboxylic acid groups (broad SMARTS) is 1. The zero-order valence-electron chi connectivity index (χ0n) is 8.94. The molecule has 1 N–H and O–H groups in total. The van der Waals surface area contributed by atoms with Crippen molar-refractivity contribution in [1.29, 1.82) is 0 Å². The third-order valence-corrected chi connectivity index (χ3v) is 3.20. The summed E-state index contributed by atoms with van der Waals surface area (Å²) in [4.78, 5) is 12.3. The zero-order valence-corrected chi connectivity index (χ0v) is 9.76. The van der Waals surface area contributed by atoms with Crippen molar-refractivity contribution in [3.8, 4) is 0 Å². The quantitative estimate of drug-likeness (QED) is 0.700. The number of nitrogens with zero attached hydrogens (tertiary/aromatic N) is 1. The number of likely N-dealkylation sites (N-methyl/N-ethyl adjacent to an activating group) is 1. The van der Waals surface area contributed by atoms with Gasteiger partial charge in [0, 0.05) is 12.8 Å². The van der Waals surface area contributed by atoms with Crippen LogP contribution in [-0.4, -0.2) is 55.5 Å². The molecule has 0 aromatic carbocycles. The first-order valence-electron chi connectivity index (χ1n) is 4.20. The van der Waals surface area contributed by atoms with Crippen LogP contribution in [0, 0.1) is 0 Å². The van der Waals surface area contributed by atoms with Gasteiger partial charge in [0.1, 0.15) is 15.4 Å². The standard InChI is InChI=1S/C8H17NO4S/c1-8(2,7(10)11)9(3)5-6-14(4,12)13/h5-6H2,1-4H3,(H,10,11). The van der Waals surface area contributed by atoms with Crippen molar-refractivity contribution in [3.63, 3.8) is 0 Å². The Balaban J connectivity index is 4.36. The molecule has 0 aromatic rings. The lowest BCUT2D eigenvalue weighted by molar-refractivity contribution is -0.148. The van der Waals surface area contributed by atoms with Crippen molar-refractivity contribution >= 4 is 15.8 Å². The van der Waals surface area contributed by atoms with Gasteiger partial charge in [0.15, 0.2) is 0 Å². The van der Waals surface area contributed by atoms with Gasteiger partial charge in [-0.3, -0.25) is 9.69 Å². The highest BCUT2D eigenvalue weighted by molar-refractivity contribution is 7.90. The van der Waals surface area contributed by atoms with Crippen LogP contribution in [-0.2, 0) is 14.6 Å². The van der Waals surface area contributed by atoms with E-state index in [2.05, 4.69) is 0 Å². The van der Waals surface area contributed by atoms with E-state index >= 15 is 0 Å². The number of rotatable bonds is 5. The van der Waals surface area contributed by atoms with Gasteiger partial charge in [-0.15, -0.1) is 0 Å². The first kappa shape index (κ1) is 13.4. The fourth-order valence-corrected chi connectivity index (χ4v) is 1.35. The number of carbonyl (C=O) groups is 1. The smallest absolute Gasteiger partial charge is 0.323 e. The van der Waals surface area contributed by atoms with Crippen LogP contribution in [0.4, 0.5) is 0 Å². The van der Waals surface area contributed by atoms with Crippen molar-refractivity contribution in [1.82, 2.24) is 4.90 Å². The van der Waals surface area contributed by atoms with E-state index in [1.54, 1.807) is 7.05 Å². The lowest BCUT2D eigenvalue weighted by Gasteiger charge is -2.31.